The number of hydrogen-bond donors (Lipinski definition) is 1. The number of carbonyl (C=O) groups is 1. The average Bonchev–Trinajstić information content (AvgIpc) is 3.27. The van der Waals surface area contributed by atoms with Gasteiger partial charge in [0, 0.05) is 17.5 Å². The fourth-order valence-corrected chi connectivity index (χ4v) is 3.09. The molecule has 1 heterocycles. The van der Waals surface area contributed by atoms with Crippen molar-refractivity contribution < 1.29 is 9.90 Å². The summed E-state index contributed by atoms with van der Waals surface area (Å²) in [5.41, 5.74) is 4.18. The van der Waals surface area contributed by atoms with Crippen LogP contribution in [0.15, 0.2) is 78.9 Å². The lowest BCUT2D eigenvalue weighted by Crippen LogP contribution is -2.04. The van der Waals surface area contributed by atoms with Crippen molar-refractivity contribution in [1.82, 2.24) is 20.2 Å². The lowest BCUT2D eigenvalue weighted by atomic mass is 10.1. The molecule has 1 N–H and O–H groups in total. The number of aromatic nitrogens is 4. The van der Waals surface area contributed by atoms with Gasteiger partial charge in [-0.1, -0.05) is 66.4 Å². The highest BCUT2D eigenvalue weighted by molar-refractivity contribution is 5.87. The number of rotatable bonds is 6. The molecule has 0 aliphatic heterocycles. The van der Waals surface area contributed by atoms with Gasteiger partial charge in [-0.2, -0.15) is 4.80 Å². The fraction of sp³-hybridized carbons (Fsp3) is 0.120. The minimum Gasteiger partial charge on any atom is -0.478 e. The standard InChI is InChI=1S/C25H20N4O2/c30-25(31)22-15-13-21(14-16-22)18-29-27-24(26-28-29)23-12-6-11-20(17-23)10-5-4-9-19-7-2-1-3-8-19/h1-3,6-8,11-17H,4,9,18H2,(H,30,31). The molecule has 1 aromatic heterocycles. The van der Waals surface area contributed by atoms with Gasteiger partial charge >= 0.3 is 5.97 Å². The number of hydrogen-bond acceptors (Lipinski definition) is 4. The van der Waals surface area contributed by atoms with Crippen molar-refractivity contribution in [1.29, 1.82) is 0 Å². The minimum atomic E-state index is -0.948. The lowest BCUT2D eigenvalue weighted by molar-refractivity contribution is 0.0697. The molecule has 31 heavy (non-hydrogen) atoms. The third-order valence-electron chi connectivity index (χ3n) is 4.71. The Morgan fingerprint density at radius 2 is 1.74 bits per heavy atom. The molecular weight excluding hydrogens is 388 g/mol. The third kappa shape index (κ3) is 5.43. The summed E-state index contributed by atoms with van der Waals surface area (Å²) in [6.45, 7) is 0.409. The number of carboxylic acid groups (broad SMARTS) is 1. The number of carboxylic acids is 1. The Hall–Kier alpha value is -4.24. The first kappa shape index (κ1) is 20.0. The summed E-state index contributed by atoms with van der Waals surface area (Å²) < 4.78 is 0. The summed E-state index contributed by atoms with van der Waals surface area (Å²) >= 11 is 0. The molecule has 152 valence electrons. The molecule has 0 saturated carbocycles. The van der Waals surface area contributed by atoms with Crippen molar-refractivity contribution in [2.75, 3.05) is 0 Å². The second-order valence-electron chi connectivity index (χ2n) is 7.01. The molecule has 0 spiro atoms. The van der Waals surface area contributed by atoms with Crippen LogP contribution in [0.3, 0.4) is 0 Å². The van der Waals surface area contributed by atoms with Crippen molar-refractivity contribution in [3.05, 3.63) is 101 Å². The molecule has 3 aromatic carbocycles. The Bertz CT molecular complexity index is 1240. The largest absolute Gasteiger partial charge is 0.478 e. The molecule has 0 unspecified atom stereocenters. The van der Waals surface area contributed by atoms with E-state index in [1.54, 1.807) is 24.3 Å². The Morgan fingerprint density at radius 1 is 0.935 bits per heavy atom. The second-order valence-corrected chi connectivity index (χ2v) is 7.01. The van der Waals surface area contributed by atoms with Crippen LogP contribution in [0.1, 0.15) is 33.5 Å². The van der Waals surface area contributed by atoms with Crippen molar-refractivity contribution >= 4 is 5.97 Å². The maximum Gasteiger partial charge on any atom is 0.335 e. The van der Waals surface area contributed by atoms with Crippen LogP contribution in [0.2, 0.25) is 0 Å². The summed E-state index contributed by atoms with van der Waals surface area (Å²) in [6.07, 6.45) is 1.72. The zero-order valence-corrected chi connectivity index (χ0v) is 16.8. The van der Waals surface area contributed by atoms with E-state index in [-0.39, 0.29) is 5.56 Å². The maximum atomic E-state index is 11.0. The first-order chi connectivity index (χ1) is 15.2. The molecule has 0 bridgehead atoms. The van der Waals surface area contributed by atoms with Crippen molar-refractivity contribution in [3.8, 4) is 23.2 Å². The third-order valence-corrected chi connectivity index (χ3v) is 4.71. The molecule has 0 radical (unpaired) electrons. The van der Waals surface area contributed by atoms with Gasteiger partial charge in [0.05, 0.1) is 12.1 Å². The van der Waals surface area contributed by atoms with E-state index in [9.17, 15) is 4.79 Å². The topological polar surface area (TPSA) is 80.9 Å². The molecule has 4 rings (SSSR count). The van der Waals surface area contributed by atoms with E-state index in [2.05, 4.69) is 39.4 Å². The van der Waals surface area contributed by atoms with Crippen LogP contribution in [0, 0.1) is 11.8 Å². The van der Waals surface area contributed by atoms with Crippen LogP contribution >= 0.6 is 0 Å². The zero-order valence-electron chi connectivity index (χ0n) is 16.8. The number of tetrazole rings is 1. The minimum absolute atomic E-state index is 0.248. The average molecular weight is 408 g/mol. The summed E-state index contributed by atoms with van der Waals surface area (Å²) in [7, 11) is 0. The summed E-state index contributed by atoms with van der Waals surface area (Å²) in [4.78, 5) is 12.4. The van der Waals surface area contributed by atoms with Crippen molar-refractivity contribution in [2.24, 2.45) is 0 Å². The quantitative estimate of drug-likeness (QED) is 0.487. The molecule has 4 aromatic rings. The van der Waals surface area contributed by atoms with Gasteiger partial charge in [0.2, 0.25) is 5.82 Å². The van der Waals surface area contributed by atoms with Crippen LogP contribution < -0.4 is 0 Å². The molecule has 0 atom stereocenters. The lowest BCUT2D eigenvalue weighted by Gasteiger charge is -2.00. The van der Waals surface area contributed by atoms with E-state index >= 15 is 0 Å². The van der Waals surface area contributed by atoms with Gasteiger partial charge in [-0.15, -0.1) is 10.2 Å². The monoisotopic (exact) mass is 408 g/mol. The molecular formula is C25H20N4O2. The van der Waals surface area contributed by atoms with Gasteiger partial charge in [0.1, 0.15) is 0 Å². The summed E-state index contributed by atoms with van der Waals surface area (Å²) in [6, 6.07) is 24.7. The Kier molecular flexibility index (Phi) is 6.15. The first-order valence-corrected chi connectivity index (χ1v) is 9.91. The number of benzene rings is 3. The van der Waals surface area contributed by atoms with Crippen LogP contribution in [0.25, 0.3) is 11.4 Å². The normalized spacial score (nSPS) is 10.3. The van der Waals surface area contributed by atoms with E-state index in [1.165, 1.54) is 10.4 Å². The van der Waals surface area contributed by atoms with Gasteiger partial charge in [0.15, 0.2) is 0 Å². The molecule has 0 aliphatic carbocycles. The summed E-state index contributed by atoms with van der Waals surface area (Å²) in [5.74, 6) is 6.01. The Labute approximate surface area is 180 Å². The van der Waals surface area contributed by atoms with Gasteiger partial charge < -0.3 is 5.11 Å². The fourth-order valence-electron chi connectivity index (χ4n) is 3.09. The van der Waals surface area contributed by atoms with E-state index in [4.69, 9.17) is 5.11 Å². The van der Waals surface area contributed by atoms with Crippen molar-refractivity contribution in [2.45, 2.75) is 19.4 Å². The summed E-state index contributed by atoms with van der Waals surface area (Å²) in [5, 5.41) is 21.7. The van der Waals surface area contributed by atoms with Crippen LogP contribution in [0.4, 0.5) is 0 Å². The van der Waals surface area contributed by atoms with E-state index in [0.717, 1.165) is 29.5 Å². The van der Waals surface area contributed by atoms with Gasteiger partial charge in [0.25, 0.3) is 0 Å². The van der Waals surface area contributed by atoms with E-state index in [0.29, 0.717) is 12.4 Å². The molecule has 6 nitrogen and oxygen atoms in total. The second kappa shape index (κ2) is 9.51. The number of aromatic carboxylic acids is 1. The van der Waals surface area contributed by atoms with Gasteiger partial charge in [-0.05, 0) is 47.0 Å². The highest BCUT2D eigenvalue weighted by Gasteiger charge is 2.08. The molecule has 0 fully saturated rings. The SMILES string of the molecule is O=C(O)c1ccc(Cn2nnc(-c3cccc(C#CCCc4ccccc4)c3)n2)cc1. The van der Waals surface area contributed by atoms with Crippen molar-refractivity contribution in [3.63, 3.8) is 0 Å². The van der Waals surface area contributed by atoms with Crippen LogP contribution in [-0.4, -0.2) is 31.3 Å². The smallest absolute Gasteiger partial charge is 0.335 e. The van der Waals surface area contributed by atoms with Crippen LogP contribution in [0.5, 0.6) is 0 Å². The molecule has 0 saturated heterocycles. The highest BCUT2D eigenvalue weighted by atomic mass is 16.4. The predicted molar refractivity (Wildman–Crippen MR) is 117 cm³/mol. The predicted octanol–water partition coefficient (Wildman–Crippen LogP) is 4.07. The van der Waals surface area contributed by atoms with Gasteiger partial charge in [-0.25, -0.2) is 4.79 Å². The van der Waals surface area contributed by atoms with E-state index in [1.807, 2.05) is 42.5 Å². The van der Waals surface area contributed by atoms with Crippen LogP contribution in [-0.2, 0) is 13.0 Å². The Morgan fingerprint density at radius 3 is 2.52 bits per heavy atom. The van der Waals surface area contributed by atoms with E-state index < -0.39 is 5.97 Å². The maximum absolute atomic E-state index is 11.0. The number of nitrogens with zero attached hydrogens (tertiary/aromatic N) is 4. The Balaban J connectivity index is 1.41. The molecule has 0 aliphatic rings. The first-order valence-electron chi connectivity index (χ1n) is 9.91. The van der Waals surface area contributed by atoms with Gasteiger partial charge in [-0.3, -0.25) is 0 Å². The molecule has 0 amide bonds. The molecule has 6 heteroatoms. The highest BCUT2D eigenvalue weighted by Crippen LogP contribution is 2.15. The zero-order chi connectivity index (χ0) is 21.5. The number of aryl methyl sites for hydroxylation is 1.